The van der Waals surface area contributed by atoms with Gasteiger partial charge in [-0.3, -0.25) is 0 Å². The SMILES string of the molecule is CCCCCCCCOC(=O)N1C[C@H]2C[C@@]2(c2ccc3ccccc3c2)C1. The fraction of sp³-hybridized carbons (Fsp3) is 0.542. The Labute approximate surface area is 162 Å². The van der Waals surface area contributed by atoms with Crippen LogP contribution in [-0.4, -0.2) is 30.7 Å². The van der Waals surface area contributed by atoms with Crippen LogP contribution in [0.15, 0.2) is 42.5 Å². The third-order valence-corrected chi connectivity index (χ3v) is 6.45. The van der Waals surface area contributed by atoms with Crippen molar-refractivity contribution in [3.63, 3.8) is 0 Å². The van der Waals surface area contributed by atoms with Crippen LogP contribution in [0.2, 0.25) is 0 Å². The molecule has 2 aliphatic rings. The molecule has 0 unspecified atom stereocenters. The highest BCUT2D eigenvalue weighted by atomic mass is 16.6. The summed E-state index contributed by atoms with van der Waals surface area (Å²) in [6.07, 6.45) is 8.37. The predicted molar refractivity (Wildman–Crippen MR) is 110 cm³/mol. The molecule has 0 N–H and O–H groups in total. The zero-order valence-corrected chi connectivity index (χ0v) is 16.5. The van der Waals surface area contributed by atoms with Crippen molar-refractivity contribution in [2.75, 3.05) is 19.7 Å². The van der Waals surface area contributed by atoms with E-state index in [9.17, 15) is 4.79 Å². The number of nitrogens with zero attached hydrogens (tertiary/aromatic N) is 1. The predicted octanol–water partition coefficient (Wildman–Crippen LogP) is 5.91. The molecule has 2 atom stereocenters. The Kier molecular flexibility index (Phi) is 5.38. The number of hydrogen-bond donors (Lipinski definition) is 0. The van der Waals surface area contributed by atoms with Crippen LogP contribution in [0.3, 0.4) is 0 Å². The van der Waals surface area contributed by atoms with Crippen molar-refractivity contribution in [2.45, 2.75) is 57.3 Å². The number of benzene rings is 2. The first-order valence-corrected chi connectivity index (χ1v) is 10.6. The van der Waals surface area contributed by atoms with Crippen molar-refractivity contribution in [1.82, 2.24) is 4.90 Å². The van der Waals surface area contributed by atoms with Crippen LogP contribution in [0.5, 0.6) is 0 Å². The molecule has 3 heteroatoms. The van der Waals surface area contributed by atoms with Crippen molar-refractivity contribution in [3.05, 3.63) is 48.0 Å². The summed E-state index contributed by atoms with van der Waals surface area (Å²) in [4.78, 5) is 14.4. The van der Waals surface area contributed by atoms with E-state index < -0.39 is 0 Å². The molecule has 1 aliphatic heterocycles. The molecule has 1 saturated carbocycles. The van der Waals surface area contributed by atoms with Crippen LogP contribution in [0.25, 0.3) is 10.8 Å². The Bertz CT molecular complexity index is 802. The lowest BCUT2D eigenvalue weighted by molar-refractivity contribution is 0.104. The Morgan fingerprint density at radius 2 is 1.85 bits per heavy atom. The van der Waals surface area contributed by atoms with Gasteiger partial charge in [0, 0.05) is 18.5 Å². The van der Waals surface area contributed by atoms with Gasteiger partial charge in [-0.25, -0.2) is 4.79 Å². The molecular formula is C24H31NO2. The molecule has 1 amide bonds. The van der Waals surface area contributed by atoms with Gasteiger partial charge in [0.05, 0.1) is 6.61 Å². The number of likely N-dealkylation sites (tertiary alicyclic amines) is 1. The fourth-order valence-electron chi connectivity index (χ4n) is 4.70. The summed E-state index contributed by atoms with van der Waals surface area (Å²) in [5.41, 5.74) is 1.56. The molecule has 0 bridgehead atoms. The van der Waals surface area contributed by atoms with E-state index in [-0.39, 0.29) is 11.5 Å². The van der Waals surface area contributed by atoms with Gasteiger partial charge >= 0.3 is 6.09 Å². The quantitative estimate of drug-likeness (QED) is 0.544. The summed E-state index contributed by atoms with van der Waals surface area (Å²) in [7, 11) is 0. The second-order valence-electron chi connectivity index (χ2n) is 8.38. The van der Waals surface area contributed by atoms with Gasteiger partial charge in [0.2, 0.25) is 0 Å². The number of carbonyl (C=O) groups is 1. The summed E-state index contributed by atoms with van der Waals surface area (Å²) in [6, 6.07) is 15.3. The maximum absolute atomic E-state index is 12.4. The van der Waals surface area contributed by atoms with Gasteiger partial charge in [-0.05, 0) is 35.1 Å². The van der Waals surface area contributed by atoms with E-state index in [2.05, 4.69) is 49.4 Å². The molecule has 3 nitrogen and oxygen atoms in total. The van der Waals surface area contributed by atoms with Gasteiger partial charge in [0.15, 0.2) is 0 Å². The molecule has 1 heterocycles. The molecule has 144 valence electrons. The second kappa shape index (κ2) is 7.92. The van der Waals surface area contributed by atoms with Gasteiger partial charge < -0.3 is 9.64 Å². The molecule has 0 radical (unpaired) electrons. The number of hydrogen-bond acceptors (Lipinski definition) is 2. The standard InChI is InChI=1S/C24H31NO2/c1-2-3-4-5-6-9-14-27-23(26)25-17-22-16-24(22,18-25)21-13-12-19-10-7-8-11-20(19)15-21/h7-8,10-13,15,22H,2-6,9,14,16-18H2,1H3/t22-,24+/m1/s1. The van der Waals surface area contributed by atoms with E-state index in [0.717, 1.165) is 25.9 Å². The Hall–Kier alpha value is -2.03. The van der Waals surface area contributed by atoms with Crippen molar-refractivity contribution in [1.29, 1.82) is 0 Å². The van der Waals surface area contributed by atoms with Crippen molar-refractivity contribution >= 4 is 16.9 Å². The third kappa shape index (κ3) is 3.83. The van der Waals surface area contributed by atoms with Crippen molar-refractivity contribution < 1.29 is 9.53 Å². The first-order valence-electron chi connectivity index (χ1n) is 10.6. The van der Waals surface area contributed by atoms with E-state index in [4.69, 9.17) is 4.74 Å². The van der Waals surface area contributed by atoms with Gasteiger partial charge in [0.25, 0.3) is 0 Å². The Balaban J connectivity index is 1.29. The van der Waals surface area contributed by atoms with Gasteiger partial charge in [-0.2, -0.15) is 0 Å². The van der Waals surface area contributed by atoms with Crippen LogP contribution in [0.1, 0.15) is 57.4 Å². The van der Waals surface area contributed by atoms with E-state index in [1.54, 1.807) is 0 Å². The normalized spacial score (nSPS) is 23.4. The zero-order valence-electron chi connectivity index (χ0n) is 16.5. The summed E-state index contributed by atoms with van der Waals surface area (Å²) < 4.78 is 5.54. The van der Waals surface area contributed by atoms with Crippen LogP contribution < -0.4 is 0 Å². The first kappa shape index (κ1) is 18.3. The minimum atomic E-state index is -0.115. The van der Waals surface area contributed by atoms with E-state index in [1.165, 1.54) is 48.4 Å². The van der Waals surface area contributed by atoms with Crippen LogP contribution in [0, 0.1) is 5.92 Å². The molecular weight excluding hydrogens is 334 g/mol. The molecule has 4 rings (SSSR count). The summed E-state index contributed by atoms with van der Waals surface area (Å²) in [5.74, 6) is 0.597. The highest BCUT2D eigenvalue weighted by molar-refractivity contribution is 5.83. The number of unbranched alkanes of at least 4 members (excludes halogenated alkanes) is 5. The first-order chi connectivity index (χ1) is 13.2. The molecule has 2 fully saturated rings. The number of piperidine rings is 1. The van der Waals surface area contributed by atoms with E-state index in [0.29, 0.717) is 12.5 Å². The number of fused-ring (bicyclic) bond motifs is 2. The monoisotopic (exact) mass is 365 g/mol. The molecule has 0 spiro atoms. The molecule has 1 aliphatic carbocycles. The average Bonchev–Trinajstić information content (AvgIpc) is 3.27. The average molecular weight is 366 g/mol. The third-order valence-electron chi connectivity index (χ3n) is 6.45. The number of amides is 1. The van der Waals surface area contributed by atoms with Crippen LogP contribution in [0.4, 0.5) is 4.79 Å². The molecule has 0 aromatic heterocycles. The molecule has 2 aromatic carbocycles. The van der Waals surface area contributed by atoms with E-state index in [1.807, 2.05) is 4.90 Å². The number of carbonyl (C=O) groups excluding carboxylic acids is 1. The molecule has 27 heavy (non-hydrogen) atoms. The number of rotatable bonds is 8. The van der Waals surface area contributed by atoms with E-state index >= 15 is 0 Å². The Morgan fingerprint density at radius 1 is 1.07 bits per heavy atom. The highest BCUT2D eigenvalue weighted by Gasteiger charge is 2.61. The number of ether oxygens (including phenoxy) is 1. The summed E-state index contributed by atoms with van der Waals surface area (Å²) >= 11 is 0. The molecule has 1 saturated heterocycles. The molecule has 2 aromatic rings. The summed E-state index contributed by atoms with van der Waals surface area (Å²) in [5, 5.41) is 2.57. The van der Waals surface area contributed by atoms with Gasteiger partial charge in [-0.15, -0.1) is 0 Å². The zero-order chi connectivity index (χ0) is 18.7. The lowest BCUT2D eigenvalue weighted by Crippen LogP contribution is -2.33. The van der Waals surface area contributed by atoms with Crippen LogP contribution in [-0.2, 0) is 10.2 Å². The van der Waals surface area contributed by atoms with Gasteiger partial charge in [0.1, 0.15) is 0 Å². The largest absolute Gasteiger partial charge is 0.449 e. The minimum absolute atomic E-state index is 0.115. The second-order valence-corrected chi connectivity index (χ2v) is 8.38. The fourth-order valence-corrected chi connectivity index (χ4v) is 4.70. The lowest BCUT2D eigenvalue weighted by atomic mass is 9.93. The summed E-state index contributed by atoms with van der Waals surface area (Å²) in [6.45, 7) is 4.45. The topological polar surface area (TPSA) is 29.5 Å². The Morgan fingerprint density at radius 3 is 2.70 bits per heavy atom. The maximum atomic E-state index is 12.4. The highest BCUT2D eigenvalue weighted by Crippen LogP contribution is 2.59. The smallest absolute Gasteiger partial charge is 0.409 e. The minimum Gasteiger partial charge on any atom is -0.449 e. The van der Waals surface area contributed by atoms with Gasteiger partial charge in [-0.1, -0.05) is 81.5 Å². The maximum Gasteiger partial charge on any atom is 0.409 e. The van der Waals surface area contributed by atoms with Crippen molar-refractivity contribution in [2.24, 2.45) is 5.92 Å². The van der Waals surface area contributed by atoms with Crippen LogP contribution >= 0.6 is 0 Å². The van der Waals surface area contributed by atoms with Crippen molar-refractivity contribution in [3.8, 4) is 0 Å². The lowest BCUT2D eigenvalue weighted by Gasteiger charge is -2.21.